The molecule has 1 aromatic carbocycles. The third kappa shape index (κ3) is 4.46. The van der Waals surface area contributed by atoms with E-state index in [1.165, 1.54) is 12.8 Å². The second kappa shape index (κ2) is 7.97. The number of amides is 1. The van der Waals surface area contributed by atoms with Crippen LogP contribution in [0.2, 0.25) is 0 Å². The van der Waals surface area contributed by atoms with Gasteiger partial charge in [0.2, 0.25) is 5.91 Å². The van der Waals surface area contributed by atoms with Crippen LogP contribution in [0.4, 0.5) is 0 Å². The van der Waals surface area contributed by atoms with Crippen molar-refractivity contribution in [1.29, 1.82) is 0 Å². The molecule has 1 N–H and O–H groups in total. The molecule has 1 saturated carbocycles. The Kier molecular flexibility index (Phi) is 6.26. The molecule has 0 radical (unpaired) electrons. The van der Waals surface area contributed by atoms with E-state index in [9.17, 15) is 4.79 Å². The molecule has 0 aliphatic heterocycles. The third-order valence-electron chi connectivity index (χ3n) is 4.40. The zero-order valence-corrected chi connectivity index (χ0v) is 15.1. The molecule has 1 amide bonds. The maximum Gasteiger partial charge on any atom is 0.237 e. The number of hydrogen-bond acceptors (Lipinski definition) is 3. The highest BCUT2D eigenvalue weighted by Crippen LogP contribution is 2.24. The molecule has 4 nitrogen and oxygen atoms in total. The van der Waals surface area contributed by atoms with Gasteiger partial charge in [-0.2, -0.15) is 0 Å². The minimum Gasteiger partial charge on any atom is -0.496 e. The van der Waals surface area contributed by atoms with E-state index >= 15 is 0 Å². The molecule has 2 rings (SSSR count). The van der Waals surface area contributed by atoms with Gasteiger partial charge in [0.15, 0.2) is 0 Å². The van der Waals surface area contributed by atoms with Crippen molar-refractivity contribution in [2.45, 2.75) is 51.2 Å². The van der Waals surface area contributed by atoms with E-state index in [1.807, 2.05) is 32.2 Å². The van der Waals surface area contributed by atoms with Gasteiger partial charge in [-0.15, -0.1) is 0 Å². The highest BCUT2D eigenvalue weighted by Gasteiger charge is 2.23. The van der Waals surface area contributed by atoms with Gasteiger partial charge in [-0.05, 0) is 45.0 Å². The molecule has 0 heterocycles. The molecule has 0 unspecified atom stereocenters. The van der Waals surface area contributed by atoms with Crippen LogP contribution in [0.1, 0.15) is 38.2 Å². The molecule has 122 valence electrons. The first-order valence-corrected chi connectivity index (χ1v) is 8.63. The summed E-state index contributed by atoms with van der Waals surface area (Å²) in [4.78, 5) is 14.4. The van der Waals surface area contributed by atoms with Gasteiger partial charge in [0, 0.05) is 22.6 Å². The largest absolute Gasteiger partial charge is 0.496 e. The van der Waals surface area contributed by atoms with Gasteiger partial charge in [-0.1, -0.05) is 28.8 Å². The van der Waals surface area contributed by atoms with Gasteiger partial charge < -0.3 is 10.1 Å². The Bertz CT molecular complexity index is 515. The molecule has 0 aromatic heterocycles. The quantitative estimate of drug-likeness (QED) is 0.836. The van der Waals surface area contributed by atoms with E-state index in [1.54, 1.807) is 7.11 Å². The van der Waals surface area contributed by atoms with Crippen molar-refractivity contribution in [2.75, 3.05) is 14.2 Å². The number of hydrogen-bond donors (Lipinski definition) is 1. The lowest BCUT2D eigenvalue weighted by atomic mass is 10.1. The Hall–Kier alpha value is -1.07. The lowest BCUT2D eigenvalue weighted by Gasteiger charge is -2.26. The minimum absolute atomic E-state index is 0.114. The maximum atomic E-state index is 12.4. The number of ether oxygens (including phenoxy) is 1. The zero-order valence-electron chi connectivity index (χ0n) is 13.6. The van der Waals surface area contributed by atoms with Crippen LogP contribution in [0, 0.1) is 0 Å². The highest BCUT2D eigenvalue weighted by atomic mass is 79.9. The maximum absolute atomic E-state index is 12.4. The van der Waals surface area contributed by atoms with E-state index < -0.39 is 0 Å². The highest BCUT2D eigenvalue weighted by molar-refractivity contribution is 9.10. The fourth-order valence-corrected chi connectivity index (χ4v) is 3.28. The molecular formula is C17H25BrN2O2. The van der Waals surface area contributed by atoms with Crippen molar-refractivity contribution < 1.29 is 9.53 Å². The number of rotatable bonds is 6. The third-order valence-corrected chi connectivity index (χ3v) is 4.90. The molecule has 0 spiro atoms. The summed E-state index contributed by atoms with van der Waals surface area (Å²) >= 11 is 3.49. The van der Waals surface area contributed by atoms with Gasteiger partial charge in [-0.25, -0.2) is 0 Å². The summed E-state index contributed by atoms with van der Waals surface area (Å²) in [6.07, 6.45) is 4.68. The van der Waals surface area contributed by atoms with E-state index in [0.29, 0.717) is 12.6 Å². The second-order valence-corrected chi connectivity index (χ2v) is 6.95. The number of nitrogens with one attached hydrogen (secondary N) is 1. The topological polar surface area (TPSA) is 41.6 Å². The fraction of sp³-hybridized carbons (Fsp3) is 0.588. The van der Waals surface area contributed by atoms with Gasteiger partial charge >= 0.3 is 0 Å². The summed E-state index contributed by atoms with van der Waals surface area (Å²) in [7, 11) is 3.64. The second-order valence-electron chi connectivity index (χ2n) is 6.04. The lowest BCUT2D eigenvalue weighted by Crippen LogP contribution is -2.46. The van der Waals surface area contributed by atoms with Crippen LogP contribution in [0.3, 0.4) is 0 Å². The Labute approximate surface area is 141 Å². The molecule has 0 saturated heterocycles. The molecule has 1 aromatic rings. The lowest BCUT2D eigenvalue weighted by molar-refractivity contribution is -0.126. The molecule has 5 heteroatoms. The smallest absolute Gasteiger partial charge is 0.237 e. The number of nitrogens with zero attached hydrogens (tertiary/aromatic N) is 1. The summed E-state index contributed by atoms with van der Waals surface area (Å²) < 4.78 is 6.41. The monoisotopic (exact) mass is 368 g/mol. The summed E-state index contributed by atoms with van der Waals surface area (Å²) in [5.41, 5.74) is 1.07. The molecule has 1 atom stereocenters. The van der Waals surface area contributed by atoms with E-state index in [4.69, 9.17) is 4.74 Å². The van der Waals surface area contributed by atoms with Crippen LogP contribution in [0.25, 0.3) is 0 Å². The summed E-state index contributed by atoms with van der Waals surface area (Å²) in [5.74, 6) is 0.960. The van der Waals surface area contributed by atoms with Crippen molar-refractivity contribution in [3.05, 3.63) is 28.2 Å². The average Bonchev–Trinajstić information content (AvgIpc) is 2.99. The first-order valence-electron chi connectivity index (χ1n) is 7.84. The van der Waals surface area contributed by atoms with Crippen molar-refractivity contribution in [2.24, 2.45) is 0 Å². The summed E-state index contributed by atoms with van der Waals surface area (Å²) in [5, 5.41) is 3.16. The molecule has 1 fully saturated rings. The minimum atomic E-state index is -0.163. The number of methoxy groups -OCH3 is 1. The Balaban J connectivity index is 1.96. The fourth-order valence-electron chi connectivity index (χ4n) is 2.87. The van der Waals surface area contributed by atoms with Gasteiger partial charge in [0.1, 0.15) is 5.75 Å². The van der Waals surface area contributed by atoms with Crippen LogP contribution >= 0.6 is 15.9 Å². The normalized spacial score (nSPS) is 16.8. The van der Waals surface area contributed by atoms with Crippen molar-refractivity contribution >= 4 is 21.8 Å². The molecular weight excluding hydrogens is 344 g/mol. The first-order chi connectivity index (χ1) is 10.5. The molecule has 0 bridgehead atoms. The average molecular weight is 369 g/mol. The van der Waals surface area contributed by atoms with Gasteiger partial charge in [-0.3, -0.25) is 9.69 Å². The van der Waals surface area contributed by atoms with E-state index in [0.717, 1.165) is 28.6 Å². The number of carbonyl (C=O) groups excluding carboxylic acids is 1. The number of likely N-dealkylation sites (N-methyl/N-ethyl adjacent to an activating group) is 1. The van der Waals surface area contributed by atoms with Crippen LogP contribution in [-0.4, -0.2) is 37.0 Å². The Morgan fingerprint density at radius 2 is 2.14 bits per heavy atom. The first kappa shape index (κ1) is 17.3. The van der Waals surface area contributed by atoms with E-state index in [-0.39, 0.29) is 11.9 Å². The van der Waals surface area contributed by atoms with Gasteiger partial charge in [0.25, 0.3) is 0 Å². The number of carbonyl (C=O) groups is 1. The van der Waals surface area contributed by atoms with Crippen molar-refractivity contribution in [1.82, 2.24) is 10.2 Å². The van der Waals surface area contributed by atoms with Crippen LogP contribution in [0.5, 0.6) is 5.75 Å². The summed E-state index contributed by atoms with van der Waals surface area (Å²) in [6, 6.07) is 6.14. The summed E-state index contributed by atoms with van der Waals surface area (Å²) in [6.45, 7) is 2.62. The molecule has 1 aliphatic carbocycles. The molecule has 1 aliphatic rings. The van der Waals surface area contributed by atoms with Crippen LogP contribution < -0.4 is 10.1 Å². The number of halogens is 1. The Morgan fingerprint density at radius 1 is 1.45 bits per heavy atom. The van der Waals surface area contributed by atoms with Crippen molar-refractivity contribution in [3.63, 3.8) is 0 Å². The Morgan fingerprint density at radius 3 is 2.77 bits per heavy atom. The van der Waals surface area contributed by atoms with Crippen molar-refractivity contribution in [3.8, 4) is 5.75 Å². The van der Waals surface area contributed by atoms with Gasteiger partial charge in [0.05, 0.1) is 13.2 Å². The SMILES string of the molecule is COc1ccc(Br)cc1CN(C)[C@H](C)C(=O)NC1CCCC1. The van der Waals surface area contributed by atoms with Crippen LogP contribution in [0.15, 0.2) is 22.7 Å². The zero-order chi connectivity index (χ0) is 16.1. The predicted octanol–water partition coefficient (Wildman–Crippen LogP) is 3.34. The van der Waals surface area contributed by atoms with E-state index in [2.05, 4.69) is 26.1 Å². The predicted molar refractivity (Wildman–Crippen MR) is 92.0 cm³/mol. The molecule has 22 heavy (non-hydrogen) atoms. The standard InChI is InChI=1S/C17H25BrN2O2/c1-12(17(21)19-15-6-4-5-7-15)20(2)11-13-10-14(18)8-9-16(13)22-3/h8-10,12,15H,4-7,11H2,1-3H3,(H,19,21)/t12-/m1/s1. The van der Waals surface area contributed by atoms with Crippen LogP contribution in [-0.2, 0) is 11.3 Å². The number of benzene rings is 1.